The summed E-state index contributed by atoms with van der Waals surface area (Å²) in [5.74, 6) is -0.198. The van der Waals surface area contributed by atoms with Gasteiger partial charge in [-0.15, -0.1) is 0 Å². The van der Waals surface area contributed by atoms with Crippen LogP contribution in [0.3, 0.4) is 0 Å². The number of hydrogen-bond acceptors (Lipinski definition) is 4. The summed E-state index contributed by atoms with van der Waals surface area (Å²) in [6, 6.07) is 3.78. The third-order valence-electron chi connectivity index (χ3n) is 4.23. The van der Waals surface area contributed by atoms with Gasteiger partial charge in [0.15, 0.2) is 0 Å². The molecular formula is C21H33NO4. The maximum absolute atomic E-state index is 11.9. The number of esters is 1. The summed E-state index contributed by atoms with van der Waals surface area (Å²) >= 11 is 0. The molecule has 0 aliphatic rings. The molecule has 0 saturated heterocycles. The molecule has 0 bridgehead atoms. The molecule has 0 aliphatic carbocycles. The third kappa shape index (κ3) is 6.04. The predicted molar refractivity (Wildman–Crippen MR) is 103 cm³/mol. The lowest BCUT2D eigenvalue weighted by molar-refractivity contribution is -0.147. The Morgan fingerprint density at radius 3 is 1.81 bits per heavy atom. The van der Waals surface area contributed by atoms with E-state index in [2.05, 4.69) is 0 Å². The first-order chi connectivity index (χ1) is 11.7. The minimum atomic E-state index is -0.400. The average Bonchev–Trinajstić information content (AvgIpc) is 2.48. The Hall–Kier alpha value is -2.04. The highest BCUT2D eigenvalue weighted by atomic mass is 16.5. The minimum Gasteiger partial charge on any atom is -0.507 e. The zero-order valence-corrected chi connectivity index (χ0v) is 17.4. The van der Waals surface area contributed by atoms with Crippen molar-refractivity contribution in [3.05, 3.63) is 28.8 Å². The quantitative estimate of drug-likeness (QED) is 0.806. The molecule has 0 spiro atoms. The molecule has 0 fully saturated rings. The second-order valence-corrected chi connectivity index (χ2v) is 8.99. The molecular weight excluding hydrogens is 330 g/mol. The molecule has 26 heavy (non-hydrogen) atoms. The molecule has 0 atom stereocenters. The van der Waals surface area contributed by atoms with Gasteiger partial charge in [0.1, 0.15) is 12.4 Å². The van der Waals surface area contributed by atoms with E-state index in [0.29, 0.717) is 5.75 Å². The van der Waals surface area contributed by atoms with Crippen LogP contribution in [-0.2, 0) is 31.8 Å². The van der Waals surface area contributed by atoms with Crippen molar-refractivity contribution in [2.24, 2.45) is 0 Å². The smallest absolute Gasteiger partial charge is 0.306 e. The second kappa shape index (κ2) is 8.11. The standard InChI is InChI=1S/C21H33NO4/c1-20(2,3)15-11-14(12-16(19(15)25)21(4,5)6)13-26-18(24)10-9-17(23)22(7)8/h11-12,25H,9-10,13H2,1-8H3. The van der Waals surface area contributed by atoms with Crippen molar-refractivity contribution < 1.29 is 19.4 Å². The maximum Gasteiger partial charge on any atom is 0.306 e. The molecule has 0 unspecified atom stereocenters. The van der Waals surface area contributed by atoms with E-state index in [1.807, 2.05) is 53.7 Å². The summed E-state index contributed by atoms with van der Waals surface area (Å²) < 4.78 is 5.34. The number of carbonyl (C=O) groups excluding carboxylic acids is 2. The van der Waals surface area contributed by atoms with Gasteiger partial charge in [0, 0.05) is 20.5 Å². The summed E-state index contributed by atoms with van der Waals surface area (Å²) in [6.07, 6.45) is 0.204. The lowest BCUT2D eigenvalue weighted by atomic mass is 9.78. The van der Waals surface area contributed by atoms with Gasteiger partial charge in [0.25, 0.3) is 0 Å². The van der Waals surface area contributed by atoms with Crippen molar-refractivity contribution in [1.82, 2.24) is 4.90 Å². The topological polar surface area (TPSA) is 66.8 Å². The highest BCUT2D eigenvalue weighted by Crippen LogP contribution is 2.39. The summed E-state index contributed by atoms with van der Waals surface area (Å²) in [7, 11) is 3.32. The Balaban J connectivity index is 2.96. The fraction of sp³-hybridized carbons (Fsp3) is 0.619. The Morgan fingerprint density at radius 1 is 0.962 bits per heavy atom. The zero-order valence-electron chi connectivity index (χ0n) is 17.4. The van der Waals surface area contributed by atoms with Crippen LogP contribution in [-0.4, -0.2) is 36.0 Å². The molecule has 0 aliphatic heterocycles. The largest absolute Gasteiger partial charge is 0.507 e. The van der Waals surface area contributed by atoms with Crippen molar-refractivity contribution in [3.8, 4) is 5.75 Å². The van der Waals surface area contributed by atoms with Gasteiger partial charge in [-0.25, -0.2) is 0 Å². The first-order valence-corrected chi connectivity index (χ1v) is 8.96. The Kier molecular flexibility index (Phi) is 6.86. The number of ether oxygens (including phenoxy) is 1. The number of amides is 1. The lowest BCUT2D eigenvalue weighted by Crippen LogP contribution is -2.22. The minimum absolute atomic E-state index is 0.0629. The maximum atomic E-state index is 11.9. The van der Waals surface area contributed by atoms with Crippen LogP contribution in [0.5, 0.6) is 5.75 Å². The molecule has 1 rings (SSSR count). The monoisotopic (exact) mass is 363 g/mol. The van der Waals surface area contributed by atoms with E-state index in [-0.39, 0.29) is 36.2 Å². The van der Waals surface area contributed by atoms with Crippen molar-refractivity contribution in [2.45, 2.75) is 71.8 Å². The molecule has 0 radical (unpaired) electrons. The molecule has 1 amide bonds. The summed E-state index contributed by atoms with van der Waals surface area (Å²) in [5, 5.41) is 10.7. The van der Waals surface area contributed by atoms with Crippen LogP contribution in [0.4, 0.5) is 0 Å². The molecule has 0 saturated carbocycles. The normalized spacial score (nSPS) is 12.0. The zero-order chi connectivity index (χ0) is 20.3. The summed E-state index contributed by atoms with van der Waals surface area (Å²) in [4.78, 5) is 24.9. The van der Waals surface area contributed by atoms with Gasteiger partial charge < -0.3 is 14.7 Å². The van der Waals surface area contributed by atoms with Gasteiger partial charge in [-0.05, 0) is 39.7 Å². The van der Waals surface area contributed by atoms with E-state index < -0.39 is 5.97 Å². The number of benzene rings is 1. The molecule has 1 N–H and O–H groups in total. The van der Waals surface area contributed by atoms with Gasteiger partial charge in [0.05, 0.1) is 6.42 Å². The van der Waals surface area contributed by atoms with Crippen LogP contribution < -0.4 is 0 Å². The summed E-state index contributed by atoms with van der Waals surface area (Å²) in [5.41, 5.74) is 2.03. The van der Waals surface area contributed by atoms with Crippen LogP contribution in [0.2, 0.25) is 0 Å². The van der Waals surface area contributed by atoms with Gasteiger partial charge >= 0.3 is 5.97 Å². The van der Waals surface area contributed by atoms with E-state index in [9.17, 15) is 14.7 Å². The number of phenols is 1. The van der Waals surface area contributed by atoms with Gasteiger partial charge in [-0.3, -0.25) is 9.59 Å². The van der Waals surface area contributed by atoms with Crippen LogP contribution >= 0.6 is 0 Å². The van der Waals surface area contributed by atoms with Crippen LogP contribution in [0.1, 0.15) is 71.1 Å². The molecule has 146 valence electrons. The fourth-order valence-corrected chi connectivity index (χ4v) is 2.59. The third-order valence-corrected chi connectivity index (χ3v) is 4.23. The SMILES string of the molecule is CN(C)C(=O)CCC(=O)OCc1cc(C(C)(C)C)c(O)c(C(C)(C)C)c1. The Labute approximate surface area is 157 Å². The van der Waals surface area contributed by atoms with E-state index in [0.717, 1.165) is 16.7 Å². The molecule has 0 heterocycles. The second-order valence-electron chi connectivity index (χ2n) is 8.99. The Morgan fingerprint density at radius 2 is 1.42 bits per heavy atom. The van der Waals surface area contributed by atoms with Crippen LogP contribution in [0, 0.1) is 0 Å². The number of rotatable bonds is 5. The van der Waals surface area contributed by atoms with Gasteiger partial charge in [-0.1, -0.05) is 41.5 Å². The van der Waals surface area contributed by atoms with Crippen molar-refractivity contribution in [2.75, 3.05) is 14.1 Å². The number of nitrogens with zero attached hydrogens (tertiary/aromatic N) is 1. The molecule has 1 aromatic rings. The first kappa shape index (κ1) is 22.0. The van der Waals surface area contributed by atoms with Crippen molar-refractivity contribution in [1.29, 1.82) is 0 Å². The van der Waals surface area contributed by atoms with Crippen LogP contribution in [0.25, 0.3) is 0 Å². The molecule has 5 heteroatoms. The number of hydrogen-bond donors (Lipinski definition) is 1. The fourth-order valence-electron chi connectivity index (χ4n) is 2.59. The molecule has 1 aromatic carbocycles. The number of carbonyl (C=O) groups is 2. The predicted octanol–water partition coefficient (Wildman–Crippen LogP) is 3.90. The first-order valence-electron chi connectivity index (χ1n) is 8.96. The molecule has 5 nitrogen and oxygen atoms in total. The molecule has 0 aromatic heterocycles. The number of aromatic hydroxyl groups is 1. The van der Waals surface area contributed by atoms with E-state index >= 15 is 0 Å². The van der Waals surface area contributed by atoms with E-state index in [4.69, 9.17) is 4.74 Å². The lowest BCUT2D eigenvalue weighted by Gasteiger charge is -2.28. The van der Waals surface area contributed by atoms with Gasteiger partial charge in [0.2, 0.25) is 5.91 Å². The van der Waals surface area contributed by atoms with E-state index in [1.165, 1.54) is 4.90 Å². The van der Waals surface area contributed by atoms with Crippen molar-refractivity contribution >= 4 is 11.9 Å². The number of phenolic OH excluding ortho intramolecular Hbond substituents is 1. The Bertz CT molecular complexity index is 629. The van der Waals surface area contributed by atoms with Crippen molar-refractivity contribution in [3.63, 3.8) is 0 Å². The van der Waals surface area contributed by atoms with Gasteiger partial charge in [-0.2, -0.15) is 0 Å². The average molecular weight is 363 g/mol. The van der Waals surface area contributed by atoms with E-state index in [1.54, 1.807) is 14.1 Å². The van der Waals surface area contributed by atoms with Crippen LogP contribution in [0.15, 0.2) is 12.1 Å². The highest BCUT2D eigenvalue weighted by Gasteiger charge is 2.26. The summed E-state index contributed by atoms with van der Waals surface area (Å²) in [6.45, 7) is 12.4. The highest BCUT2D eigenvalue weighted by molar-refractivity contribution is 5.81.